The Kier molecular flexibility index (Phi) is 5.03. The van der Waals surface area contributed by atoms with E-state index in [2.05, 4.69) is 22.4 Å². The predicted molar refractivity (Wildman–Crippen MR) is 123 cm³/mol. The van der Waals surface area contributed by atoms with Crippen LogP contribution in [0.4, 0.5) is 5.69 Å². The second-order valence-corrected chi connectivity index (χ2v) is 7.38. The van der Waals surface area contributed by atoms with Crippen LogP contribution >= 0.6 is 0 Å². The van der Waals surface area contributed by atoms with Crippen LogP contribution in [0, 0.1) is 0 Å². The summed E-state index contributed by atoms with van der Waals surface area (Å²) in [6.07, 6.45) is 0.843. The Morgan fingerprint density at radius 1 is 0.774 bits per heavy atom. The van der Waals surface area contributed by atoms with Gasteiger partial charge in [-0.15, -0.1) is 0 Å². The molecule has 1 aromatic heterocycles. The first-order chi connectivity index (χ1) is 15.2. The van der Waals surface area contributed by atoms with E-state index in [9.17, 15) is 4.79 Å². The highest BCUT2D eigenvalue weighted by Gasteiger charge is 2.10. The van der Waals surface area contributed by atoms with Crippen LogP contribution in [0.15, 0.2) is 108 Å². The zero-order valence-electron chi connectivity index (χ0n) is 16.8. The van der Waals surface area contributed by atoms with Gasteiger partial charge < -0.3 is 9.73 Å². The lowest BCUT2D eigenvalue weighted by Gasteiger charge is -2.07. The van der Waals surface area contributed by atoms with Crippen molar-refractivity contribution < 1.29 is 9.21 Å². The van der Waals surface area contributed by atoms with Crippen molar-refractivity contribution in [2.45, 2.75) is 6.42 Å². The fourth-order valence-electron chi connectivity index (χ4n) is 3.53. The zero-order chi connectivity index (χ0) is 21.0. The fourth-order valence-corrected chi connectivity index (χ4v) is 3.53. The van der Waals surface area contributed by atoms with Crippen molar-refractivity contribution in [1.29, 1.82) is 0 Å². The Balaban J connectivity index is 1.30. The number of rotatable bonds is 5. The first-order valence-corrected chi connectivity index (χ1v) is 10.1. The van der Waals surface area contributed by atoms with Crippen LogP contribution in [0.2, 0.25) is 0 Å². The van der Waals surface area contributed by atoms with Crippen molar-refractivity contribution in [3.63, 3.8) is 0 Å². The molecule has 1 heterocycles. The predicted octanol–water partition coefficient (Wildman–Crippen LogP) is 6.34. The molecule has 0 atom stereocenters. The van der Waals surface area contributed by atoms with Crippen LogP contribution in [-0.4, -0.2) is 10.9 Å². The summed E-state index contributed by atoms with van der Waals surface area (Å²) in [5.41, 5.74) is 6.08. The second kappa shape index (κ2) is 8.28. The molecule has 1 N–H and O–H groups in total. The zero-order valence-corrected chi connectivity index (χ0v) is 16.8. The van der Waals surface area contributed by atoms with E-state index in [1.807, 2.05) is 91.0 Å². The SMILES string of the molecule is O=C(Nc1cccc(-c2nc3ccccc3o2)c1)c1ccc(Cc2ccccc2)cc1. The lowest BCUT2D eigenvalue weighted by Crippen LogP contribution is -2.11. The van der Waals surface area contributed by atoms with Gasteiger partial charge in [0.2, 0.25) is 5.89 Å². The molecule has 0 fully saturated rings. The number of nitrogens with zero attached hydrogens (tertiary/aromatic N) is 1. The number of benzene rings is 4. The highest BCUT2D eigenvalue weighted by atomic mass is 16.3. The Bertz CT molecular complexity index is 1310. The van der Waals surface area contributed by atoms with Crippen molar-refractivity contribution in [2.75, 3.05) is 5.32 Å². The molecule has 0 bridgehead atoms. The van der Waals surface area contributed by atoms with Crippen molar-refractivity contribution in [1.82, 2.24) is 4.98 Å². The summed E-state index contributed by atoms with van der Waals surface area (Å²) in [7, 11) is 0. The number of hydrogen-bond donors (Lipinski definition) is 1. The minimum Gasteiger partial charge on any atom is -0.436 e. The third-order valence-corrected chi connectivity index (χ3v) is 5.13. The molecule has 0 unspecified atom stereocenters. The van der Waals surface area contributed by atoms with Crippen molar-refractivity contribution in [2.24, 2.45) is 0 Å². The molecule has 4 aromatic carbocycles. The Morgan fingerprint density at radius 2 is 1.52 bits per heavy atom. The average molecular weight is 404 g/mol. The molecule has 0 saturated carbocycles. The molecule has 31 heavy (non-hydrogen) atoms. The topological polar surface area (TPSA) is 55.1 Å². The number of anilines is 1. The average Bonchev–Trinajstić information content (AvgIpc) is 3.25. The number of carbonyl (C=O) groups is 1. The van der Waals surface area contributed by atoms with E-state index in [-0.39, 0.29) is 5.91 Å². The van der Waals surface area contributed by atoms with Gasteiger partial charge in [-0.3, -0.25) is 4.79 Å². The molecule has 4 heteroatoms. The number of fused-ring (bicyclic) bond motifs is 1. The van der Waals surface area contributed by atoms with Crippen LogP contribution in [0.25, 0.3) is 22.6 Å². The molecule has 1 amide bonds. The van der Waals surface area contributed by atoms with E-state index in [0.29, 0.717) is 17.1 Å². The van der Waals surface area contributed by atoms with Crippen LogP contribution in [0.1, 0.15) is 21.5 Å². The van der Waals surface area contributed by atoms with E-state index in [0.717, 1.165) is 23.1 Å². The Hall–Kier alpha value is -4.18. The molecular formula is C27H20N2O2. The molecule has 0 aliphatic rings. The Labute approximate surface area is 180 Å². The maximum absolute atomic E-state index is 12.7. The van der Waals surface area contributed by atoms with Gasteiger partial charge in [0, 0.05) is 16.8 Å². The third-order valence-electron chi connectivity index (χ3n) is 5.13. The number of amides is 1. The standard InChI is InChI=1S/C27H20N2O2/c30-26(21-15-13-20(14-16-21)17-19-7-2-1-3-8-19)28-23-10-6-9-22(18-23)27-29-24-11-4-5-12-25(24)31-27/h1-16,18H,17H2,(H,28,30). The van der Waals surface area contributed by atoms with E-state index >= 15 is 0 Å². The van der Waals surface area contributed by atoms with Crippen molar-refractivity contribution in [3.8, 4) is 11.5 Å². The Morgan fingerprint density at radius 3 is 2.32 bits per heavy atom. The van der Waals surface area contributed by atoms with Gasteiger partial charge in [0.25, 0.3) is 5.91 Å². The maximum atomic E-state index is 12.7. The summed E-state index contributed by atoms with van der Waals surface area (Å²) >= 11 is 0. The highest BCUT2D eigenvalue weighted by Crippen LogP contribution is 2.26. The van der Waals surface area contributed by atoms with Gasteiger partial charge in [0.15, 0.2) is 5.58 Å². The minimum absolute atomic E-state index is 0.152. The maximum Gasteiger partial charge on any atom is 0.255 e. The number of hydrogen-bond acceptors (Lipinski definition) is 3. The monoisotopic (exact) mass is 404 g/mol. The van der Waals surface area contributed by atoms with Crippen molar-refractivity contribution in [3.05, 3.63) is 120 Å². The summed E-state index contributed by atoms with van der Waals surface area (Å²) in [6, 6.07) is 33.2. The summed E-state index contributed by atoms with van der Waals surface area (Å²) in [4.78, 5) is 17.2. The molecule has 4 nitrogen and oxygen atoms in total. The summed E-state index contributed by atoms with van der Waals surface area (Å²) < 4.78 is 5.84. The molecule has 0 saturated heterocycles. The van der Waals surface area contributed by atoms with E-state index < -0.39 is 0 Å². The van der Waals surface area contributed by atoms with Gasteiger partial charge >= 0.3 is 0 Å². The molecule has 0 radical (unpaired) electrons. The molecule has 0 aliphatic heterocycles. The lowest BCUT2D eigenvalue weighted by atomic mass is 10.0. The smallest absolute Gasteiger partial charge is 0.255 e. The van der Waals surface area contributed by atoms with E-state index in [1.54, 1.807) is 0 Å². The van der Waals surface area contributed by atoms with Gasteiger partial charge in [-0.2, -0.15) is 0 Å². The van der Waals surface area contributed by atoms with Gasteiger partial charge in [-0.05, 0) is 60.0 Å². The summed E-state index contributed by atoms with van der Waals surface area (Å²) in [6.45, 7) is 0. The van der Waals surface area contributed by atoms with Gasteiger partial charge in [0.1, 0.15) is 5.52 Å². The third kappa shape index (κ3) is 4.23. The minimum atomic E-state index is -0.152. The second-order valence-electron chi connectivity index (χ2n) is 7.38. The molecule has 0 aliphatic carbocycles. The van der Waals surface area contributed by atoms with Gasteiger partial charge in [0.05, 0.1) is 0 Å². The quantitative estimate of drug-likeness (QED) is 0.372. The van der Waals surface area contributed by atoms with Crippen LogP contribution in [0.5, 0.6) is 0 Å². The van der Waals surface area contributed by atoms with Crippen molar-refractivity contribution >= 4 is 22.7 Å². The van der Waals surface area contributed by atoms with E-state index in [1.165, 1.54) is 11.1 Å². The fraction of sp³-hybridized carbons (Fsp3) is 0.0370. The number of aromatic nitrogens is 1. The van der Waals surface area contributed by atoms with Crippen LogP contribution in [0.3, 0.4) is 0 Å². The highest BCUT2D eigenvalue weighted by molar-refractivity contribution is 6.04. The van der Waals surface area contributed by atoms with Crippen LogP contribution < -0.4 is 5.32 Å². The summed E-state index contributed by atoms with van der Waals surface area (Å²) in [5.74, 6) is 0.378. The first kappa shape index (κ1) is 18.8. The summed E-state index contributed by atoms with van der Waals surface area (Å²) in [5, 5.41) is 2.96. The number of oxazole rings is 1. The number of nitrogens with one attached hydrogen (secondary N) is 1. The largest absolute Gasteiger partial charge is 0.436 e. The molecule has 5 rings (SSSR count). The lowest BCUT2D eigenvalue weighted by molar-refractivity contribution is 0.102. The van der Waals surface area contributed by atoms with Crippen LogP contribution in [-0.2, 0) is 6.42 Å². The van der Waals surface area contributed by atoms with E-state index in [4.69, 9.17) is 4.42 Å². The van der Waals surface area contributed by atoms with Gasteiger partial charge in [-0.25, -0.2) is 4.98 Å². The first-order valence-electron chi connectivity index (χ1n) is 10.1. The van der Waals surface area contributed by atoms with Gasteiger partial charge in [-0.1, -0.05) is 60.7 Å². The molecule has 0 spiro atoms. The normalized spacial score (nSPS) is 10.8. The number of carbonyl (C=O) groups excluding carboxylic acids is 1. The molecule has 150 valence electrons. The number of para-hydroxylation sites is 2. The molecule has 5 aromatic rings. The molecular weight excluding hydrogens is 384 g/mol.